The Morgan fingerprint density at radius 1 is 0.971 bits per heavy atom. The predicted octanol–water partition coefficient (Wildman–Crippen LogP) is 8.15. The molecule has 0 atom stereocenters. The molecule has 0 saturated heterocycles. The lowest BCUT2D eigenvalue weighted by Gasteiger charge is -2.03. The van der Waals surface area contributed by atoms with Crippen molar-refractivity contribution in [1.82, 2.24) is 4.98 Å². The Labute approximate surface area is 206 Å². The number of carbonyl (C=O) groups excluding carboxylic acids is 1. The van der Waals surface area contributed by atoms with Crippen molar-refractivity contribution >= 4 is 50.8 Å². The standard InChI is InChI=1S/C28H21ClN2O2S/c1-17-3-12-24-26(15-17)34-28(31-24)19-6-8-21(9-7-19)30-27(32)14-11-22-10-13-25(33-22)20-5-4-18(2)23(29)16-20/h3-16H,1-2H3,(H,30,32)/b14-11+. The Balaban J connectivity index is 1.24. The molecule has 5 rings (SSSR count). The van der Waals surface area contributed by atoms with Gasteiger partial charge in [-0.3, -0.25) is 4.79 Å². The van der Waals surface area contributed by atoms with Gasteiger partial charge in [-0.05, 0) is 85.6 Å². The summed E-state index contributed by atoms with van der Waals surface area (Å²) in [7, 11) is 0. The number of aromatic nitrogens is 1. The van der Waals surface area contributed by atoms with E-state index < -0.39 is 0 Å². The highest BCUT2D eigenvalue weighted by molar-refractivity contribution is 7.21. The van der Waals surface area contributed by atoms with Crippen LogP contribution >= 0.6 is 22.9 Å². The van der Waals surface area contributed by atoms with Crippen molar-refractivity contribution in [2.45, 2.75) is 13.8 Å². The van der Waals surface area contributed by atoms with E-state index in [1.165, 1.54) is 16.3 Å². The third kappa shape index (κ3) is 4.81. The zero-order chi connectivity index (χ0) is 23.7. The summed E-state index contributed by atoms with van der Waals surface area (Å²) in [6.45, 7) is 4.03. The van der Waals surface area contributed by atoms with Gasteiger partial charge in [-0.2, -0.15) is 0 Å². The van der Waals surface area contributed by atoms with Crippen LogP contribution in [0.3, 0.4) is 0 Å². The highest BCUT2D eigenvalue weighted by Crippen LogP contribution is 2.31. The number of carbonyl (C=O) groups is 1. The number of fused-ring (bicyclic) bond motifs is 1. The SMILES string of the molecule is Cc1ccc2nc(-c3ccc(NC(=O)/C=C/c4ccc(-c5ccc(C)c(Cl)c5)o4)cc3)sc2c1. The van der Waals surface area contributed by atoms with Gasteiger partial charge in [-0.15, -0.1) is 11.3 Å². The van der Waals surface area contributed by atoms with Crippen LogP contribution in [0.15, 0.2) is 83.3 Å². The van der Waals surface area contributed by atoms with Crippen LogP contribution in [0.5, 0.6) is 0 Å². The second-order valence-electron chi connectivity index (χ2n) is 8.06. The molecule has 1 amide bonds. The molecule has 1 N–H and O–H groups in total. The average molecular weight is 485 g/mol. The lowest BCUT2D eigenvalue weighted by atomic mass is 10.1. The summed E-state index contributed by atoms with van der Waals surface area (Å²) in [5.41, 5.74) is 5.86. The highest BCUT2D eigenvalue weighted by atomic mass is 35.5. The molecule has 34 heavy (non-hydrogen) atoms. The van der Waals surface area contributed by atoms with Crippen LogP contribution in [0.25, 0.3) is 38.2 Å². The molecule has 0 radical (unpaired) electrons. The summed E-state index contributed by atoms with van der Waals surface area (Å²) in [6.07, 6.45) is 3.10. The molecule has 0 unspecified atom stereocenters. The minimum atomic E-state index is -0.237. The fraction of sp³-hybridized carbons (Fsp3) is 0.0714. The first-order valence-electron chi connectivity index (χ1n) is 10.8. The van der Waals surface area contributed by atoms with Gasteiger partial charge in [0.15, 0.2) is 0 Å². The van der Waals surface area contributed by atoms with Crippen LogP contribution in [0.2, 0.25) is 5.02 Å². The van der Waals surface area contributed by atoms with Gasteiger partial charge in [-0.25, -0.2) is 4.98 Å². The van der Waals surface area contributed by atoms with E-state index in [0.29, 0.717) is 22.2 Å². The summed E-state index contributed by atoms with van der Waals surface area (Å²) in [6, 6.07) is 23.4. The third-order valence-electron chi connectivity index (χ3n) is 5.43. The molecule has 0 aliphatic rings. The Bertz CT molecular complexity index is 1530. The number of nitrogens with one attached hydrogen (secondary N) is 1. The van der Waals surface area contributed by atoms with Crippen LogP contribution in [-0.4, -0.2) is 10.9 Å². The highest BCUT2D eigenvalue weighted by Gasteiger charge is 2.08. The summed E-state index contributed by atoms with van der Waals surface area (Å²) in [5.74, 6) is 1.05. The number of benzene rings is 3. The lowest BCUT2D eigenvalue weighted by Crippen LogP contribution is -2.07. The molecule has 6 heteroatoms. The summed E-state index contributed by atoms with van der Waals surface area (Å²) < 4.78 is 7.00. The zero-order valence-corrected chi connectivity index (χ0v) is 20.2. The number of rotatable bonds is 5. The number of hydrogen-bond donors (Lipinski definition) is 1. The molecule has 5 aromatic rings. The van der Waals surface area contributed by atoms with E-state index in [0.717, 1.165) is 27.2 Å². The van der Waals surface area contributed by atoms with Crippen molar-refractivity contribution in [3.8, 4) is 21.9 Å². The molecule has 0 aliphatic heterocycles. The summed E-state index contributed by atoms with van der Waals surface area (Å²) in [4.78, 5) is 17.1. The molecule has 3 aromatic carbocycles. The smallest absolute Gasteiger partial charge is 0.248 e. The van der Waals surface area contributed by atoms with Crippen molar-refractivity contribution in [2.75, 3.05) is 5.32 Å². The maximum absolute atomic E-state index is 12.4. The first kappa shape index (κ1) is 22.1. The normalized spacial score (nSPS) is 11.4. The van der Waals surface area contributed by atoms with Gasteiger partial charge in [-0.1, -0.05) is 29.8 Å². The molecule has 0 fully saturated rings. The molecule has 0 aliphatic carbocycles. The second-order valence-corrected chi connectivity index (χ2v) is 9.49. The number of thiazole rings is 1. The monoisotopic (exact) mass is 484 g/mol. The predicted molar refractivity (Wildman–Crippen MR) is 141 cm³/mol. The van der Waals surface area contributed by atoms with Gasteiger partial charge in [0.1, 0.15) is 16.5 Å². The van der Waals surface area contributed by atoms with Crippen LogP contribution in [-0.2, 0) is 4.79 Å². The average Bonchev–Trinajstić information content (AvgIpc) is 3.47. The number of aryl methyl sites for hydroxylation is 2. The van der Waals surface area contributed by atoms with E-state index in [9.17, 15) is 4.79 Å². The molecule has 4 nitrogen and oxygen atoms in total. The number of nitrogens with zero attached hydrogens (tertiary/aromatic N) is 1. The first-order chi connectivity index (χ1) is 16.4. The van der Waals surface area contributed by atoms with Gasteiger partial charge in [0.25, 0.3) is 0 Å². The quantitative estimate of drug-likeness (QED) is 0.256. The van der Waals surface area contributed by atoms with Crippen LogP contribution in [0.4, 0.5) is 5.69 Å². The Hall–Kier alpha value is -3.67. The fourth-order valence-electron chi connectivity index (χ4n) is 3.54. The van der Waals surface area contributed by atoms with Gasteiger partial charge in [0.05, 0.1) is 10.2 Å². The van der Waals surface area contributed by atoms with Gasteiger partial charge in [0, 0.05) is 27.9 Å². The molecule has 0 saturated carbocycles. The zero-order valence-electron chi connectivity index (χ0n) is 18.6. The first-order valence-corrected chi connectivity index (χ1v) is 12.0. The molecule has 0 spiro atoms. The van der Waals surface area contributed by atoms with Gasteiger partial charge in [0.2, 0.25) is 5.91 Å². The van der Waals surface area contributed by atoms with Crippen LogP contribution < -0.4 is 5.32 Å². The van der Waals surface area contributed by atoms with E-state index in [-0.39, 0.29) is 5.91 Å². The van der Waals surface area contributed by atoms with E-state index >= 15 is 0 Å². The minimum Gasteiger partial charge on any atom is -0.457 e. The molecular formula is C28H21ClN2O2S. The topological polar surface area (TPSA) is 55.1 Å². The largest absolute Gasteiger partial charge is 0.457 e. The van der Waals surface area contributed by atoms with Crippen molar-refractivity contribution in [3.63, 3.8) is 0 Å². The summed E-state index contributed by atoms with van der Waals surface area (Å²) in [5, 5.41) is 4.52. The molecular weight excluding hydrogens is 464 g/mol. The number of anilines is 1. The third-order valence-corrected chi connectivity index (χ3v) is 6.90. The van der Waals surface area contributed by atoms with E-state index in [1.807, 2.05) is 67.6 Å². The van der Waals surface area contributed by atoms with Crippen molar-refractivity contribution in [3.05, 3.63) is 101 Å². The van der Waals surface area contributed by atoms with Gasteiger partial charge < -0.3 is 9.73 Å². The molecule has 168 valence electrons. The second kappa shape index (κ2) is 9.29. The number of halogens is 1. The van der Waals surface area contributed by atoms with Crippen LogP contribution in [0.1, 0.15) is 16.9 Å². The number of furan rings is 1. The van der Waals surface area contributed by atoms with Crippen molar-refractivity contribution in [2.24, 2.45) is 0 Å². The maximum atomic E-state index is 12.4. The van der Waals surface area contributed by atoms with E-state index in [1.54, 1.807) is 17.4 Å². The Morgan fingerprint density at radius 3 is 2.56 bits per heavy atom. The summed E-state index contributed by atoms with van der Waals surface area (Å²) >= 11 is 7.87. The van der Waals surface area contributed by atoms with Crippen molar-refractivity contribution in [1.29, 1.82) is 0 Å². The van der Waals surface area contributed by atoms with Gasteiger partial charge >= 0.3 is 0 Å². The molecule has 2 heterocycles. The van der Waals surface area contributed by atoms with E-state index in [4.69, 9.17) is 21.0 Å². The minimum absolute atomic E-state index is 0.237. The maximum Gasteiger partial charge on any atom is 0.248 e. The van der Waals surface area contributed by atoms with Crippen LogP contribution in [0, 0.1) is 13.8 Å². The fourth-order valence-corrected chi connectivity index (χ4v) is 4.79. The number of amides is 1. The molecule has 0 bridgehead atoms. The van der Waals surface area contributed by atoms with E-state index in [2.05, 4.69) is 24.4 Å². The Morgan fingerprint density at radius 2 is 1.76 bits per heavy atom. The number of hydrogen-bond acceptors (Lipinski definition) is 4. The molecule has 2 aromatic heterocycles. The lowest BCUT2D eigenvalue weighted by molar-refractivity contribution is -0.111. The Kier molecular flexibility index (Phi) is 6.05. The van der Waals surface area contributed by atoms with Crippen molar-refractivity contribution < 1.29 is 9.21 Å².